The molecule has 0 fully saturated rings. The van der Waals surface area contributed by atoms with E-state index in [9.17, 15) is 5.11 Å². The Hall–Kier alpha value is -1.26. The van der Waals surface area contributed by atoms with Crippen molar-refractivity contribution in [1.29, 1.82) is 0 Å². The van der Waals surface area contributed by atoms with E-state index in [0.29, 0.717) is 17.4 Å². The second kappa shape index (κ2) is 5.38. The van der Waals surface area contributed by atoms with E-state index in [1.165, 1.54) is 0 Å². The first kappa shape index (κ1) is 12.2. The van der Waals surface area contributed by atoms with Gasteiger partial charge in [-0.05, 0) is 28.1 Å². The first-order chi connectivity index (χ1) is 8.16. The van der Waals surface area contributed by atoms with Crippen molar-refractivity contribution in [3.63, 3.8) is 0 Å². The Kier molecular flexibility index (Phi) is 3.86. The largest absolute Gasteiger partial charge is 0.508 e. The lowest BCUT2D eigenvalue weighted by Crippen LogP contribution is -2.02. The molecular weight excluding hydrogens is 304 g/mol. The summed E-state index contributed by atoms with van der Waals surface area (Å²) in [7, 11) is 0. The number of nitrogens with zero attached hydrogens (tertiary/aromatic N) is 1. The average Bonchev–Trinajstić information content (AvgIpc) is 2.30. The number of benzene rings is 1. The van der Waals surface area contributed by atoms with E-state index in [1.54, 1.807) is 24.4 Å². The van der Waals surface area contributed by atoms with Crippen molar-refractivity contribution in [2.45, 2.75) is 6.54 Å². The van der Waals surface area contributed by atoms with E-state index in [1.807, 2.05) is 12.1 Å². The quantitative estimate of drug-likeness (QED) is 0.905. The van der Waals surface area contributed by atoms with Crippen molar-refractivity contribution in [2.75, 3.05) is 5.32 Å². The van der Waals surface area contributed by atoms with Crippen LogP contribution in [0.3, 0.4) is 0 Å². The summed E-state index contributed by atoms with van der Waals surface area (Å²) in [6.45, 7) is 0.500. The molecule has 88 valence electrons. The van der Waals surface area contributed by atoms with E-state index in [-0.39, 0.29) is 5.75 Å². The Balaban J connectivity index is 2.10. The summed E-state index contributed by atoms with van der Waals surface area (Å²) in [6.07, 6.45) is 1.57. The summed E-state index contributed by atoms with van der Waals surface area (Å²) in [6, 6.07) is 8.94. The molecule has 0 aliphatic rings. The molecule has 3 nitrogen and oxygen atoms in total. The Labute approximate surface area is 113 Å². The molecule has 0 saturated carbocycles. The van der Waals surface area contributed by atoms with E-state index >= 15 is 0 Å². The van der Waals surface area contributed by atoms with Crippen LogP contribution in [-0.4, -0.2) is 10.1 Å². The highest BCUT2D eigenvalue weighted by atomic mass is 79.9. The van der Waals surface area contributed by atoms with Crippen molar-refractivity contribution >= 4 is 33.3 Å². The smallest absolute Gasteiger partial charge is 0.140 e. The summed E-state index contributed by atoms with van der Waals surface area (Å²) in [5.74, 6) is 0.961. The van der Waals surface area contributed by atoms with Crippen molar-refractivity contribution < 1.29 is 5.11 Å². The molecule has 17 heavy (non-hydrogen) atoms. The number of pyridine rings is 1. The van der Waals surface area contributed by atoms with Crippen LogP contribution in [0, 0.1) is 0 Å². The standard InChI is InChI=1S/C12H10BrClN2O/c13-10-5-9(14)7-16-12(10)15-6-8-3-1-2-4-11(8)17/h1-5,7,17H,6H2,(H,15,16). The van der Waals surface area contributed by atoms with Gasteiger partial charge in [0.1, 0.15) is 11.6 Å². The fourth-order valence-electron chi connectivity index (χ4n) is 1.38. The van der Waals surface area contributed by atoms with Crippen LogP contribution in [0.5, 0.6) is 5.75 Å². The van der Waals surface area contributed by atoms with Gasteiger partial charge in [-0.15, -0.1) is 0 Å². The van der Waals surface area contributed by atoms with Gasteiger partial charge >= 0.3 is 0 Å². The van der Waals surface area contributed by atoms with E-state index < -0.39 is 0 Å². The maximum atomic E-state index is 9.61. The Bertz CT molecular complexity index is 534. The fraction of sp³-hybridized carbons (Fsp3) is 0.0833. The van der Waals surface area contributed by atoms with Crippen LogP contribution in [0.2, 0.25) is 5.02 Å². The Morgan fingerprint density at radius 1 is 1.35 bits per heavy atom. The van der Waals surface area contributed by atoms with Gasteiger partial charge in [-0.3, -0.25) is 0 Å². The van der Waals surface area contributed by atoms with Gasteiger partial charge in [0.15, 0.2) is 0 Å². The molecule has 0 spiro atoms. The van der Waals surface area contributed by atoms with E-state index in [0.717, 1.165) is 10.0 Å². The molecule has 2 N–H and O–H groups in total. The third-order valence-corrected chi connectivity index (χ3v) is 3.06. The highest BCUT2D eigenvalue weighted by Crippen LogP contribution is 2.24. The summed E-state index contributed by atoms with van der Waals surface area (Å²) in [5, 5.41) is 13.3. The SMILES string of the molecule is Oc1ccccc1CNc1ncc(Cl)cc1Br. The number of aromatic hydroxyl groups is 1. The Morgan fingerprint density at radius 3 is 2.82 bits per heavy atom. The minimum atomic E-state index is 0.269. The molecule has 1 heterocycles. The van der Waals surface area contributed by atoms with Gasteiger partial charge < -0.3 is 10.4 Å². The molecule has 0 unspecified atom stereocenters. The molecule has 0 atom stereocenters. The highest BCUT2D eigenvalue weighted by Gasteiger charge is 2.04. The molecule has 0 saturated heterocycles. The van der Waals surface area contributed by atoms with Crippen molar-refractivity contribution in [3.05, 3.63) is 51.6 Å². The summed E-state index contributed by atoms with van der Waals surface area (Å²) < 4.78 is 0.792. The molecule has 0 aliphatic carbocycles. The fourth-order valence-corrected chi connectivity index (χ4v) is 2.16. The molecule has 2 rings (SSSR count). The lowest BCUT2D eigenvalue weighted by molar-refractivity contribution is 0.469. The lowest BCUT2D eigenvalue weighted by Gasteiger charge is -2.08. The molecular formula is C12H10BrClN2O. The summed E-state index contributed by atoms with van der Waals surface area (Å²) in [5.41, 5.74) is 0.816. The molecule has 5 heteroatoms. The maximum absolute atomic E-state index is 9.61. The van der Waals surface area contributed by atoms with Crippen LogP contribution in [0.4, 0.5) is 5.82 Å². The lowest BCUT2D eigenvalue weighted by atomic mass is 10.2. The Morgan fingerprint density at radius 2 is 2.12 bits per heavy atom. The zero-order valence-corrected chi connectivity index (χ0v) is 11.2. The predicted octanol–water partition coefficient (Wildman–Crippen LogP) is 3.82. The van der Waals surface area contributed by atoms with Gasteiger partial charge in [-0.2, -0.15) is 0 Å². The summed E-state index contributed by atoms with van der Waals surface area (Å²) >= 11 is 9.17. The zero-order valence-electron chi connectivity index (χ0n) is 8.82. The van der Waals surface area contributed by atoms with E-state index in [2.05, 4.69) is 26.2 Å². The van der Waals surface area contributed by atoms with Crippen LogP contribution >= 0.6 is 27.5 Å². The van der Waals surface area contributed by atoms with E-state index in [4.69, 9.17) is 11.6 Å². The minimum Gasteiger partial charge on any atom is -0.508 e. The van der Waals surface area contributed by atoms with Crippen LogP contribution in [-0.2, 0) is 6.54 Å². The maximum Gasteiger partial charge on any atom is 0.140 e. The van der Waals surface area contributed by atoms with Crippen molar-refractivity contribution in [3.8, 4) is 5.75 Å². The molecule has 1 aromatic heterocycles. The third-order valence-electron chi connectivity index (χ3n) is 2.25. The van der Waals surface area contributed by atoms with Crippen molar-refractivity contribution in [2.24, 2.45) is 0 Å². The van der Waals surface area contributed by atoms with Crippen LogP contribution in [0.15, 0.2) is 41.0 Å². The first-order valence-electron chi connectivity index (χ1n) is 4.98. The number of halogens is 2. The number of hydrogen-bond donors (Lipinski definition) is 2. The summed E-state index contributed by atoms with van der Waals surface area (Å²) in [4.78, 5) is 4.15. The first-order valence-corrected chi connectivity index (χ1v) is 6.15. The number of rotatable bonds is 3. The van der Waals surface area contributed by atoms with Crippen LogP contribution < -0.4 is 5.32 Å². The zero-order chi connectivity index (χ0) is 12.3. The second-order valence-corrected chi connectivity index (χ2v) is 4.76. The number of phenols is 1. The van der Waals surface area contributed by atoms with Gasteiger partial charge in [0, 0.05) is 18.3 Å². The van der Waals surface area contributed by atoms with Gasteiger partial charge in [0.25, 0.3) is 0 Å². The molecule has 0 amide bonds. The number of nitrogens with one attached hydrogen (secondary N) is 1. The van der Waals surface area contributed by atoms with Gasteiger partial charge in [-0.25, -0.2) is 4.98 Å². The highest BCUT2D eigenvalue weighted by molar-refractivity contribution is 9.10. The van der Waals surface area contributed by atoms with Crippen molar-refractivity contribution in [1.82, 2.24) is 4.98 Å². The molecule has 0 bridgehead atoms. The third kappa shape index (κ3) is 3.11. The van der Waals surface area contributed by atoms with Gasteiger partial charge in [0.05, 0.1) is 9.50 Å². The van der Waals surface area contributed by atoms with Crippen LogP contribution in [0.25, 0.3) is 0 Å². The second-order valence-electron chi connectivity index (χ2n) is 3.47. The number of hydrogen-bond acceptors (Lipinski definition) is 3. The number of aromatic nitrogens is 1. The average molecular weight is 314 g/mol. The predicted molar refractivity (Wildman–Crippen MR) is 72.4 cm³/mol. The molecule has 0 aliphatic heterocycles. The molecule has 1 aromatic carbocycles. The monoisotopic (exact) mass is 312 g/mol. The number of para-hydroxylation sites is 1. The number of anilines is 1. The molecule has 2 aromatic rings. The van der Waals surface area contributed by atoms with Crippen LogP contribution in [0.1, 0.15) is 5.56 Å². The number of phenolic OH excluding ortho intramolecular Hbond substituents is 1. The minimum absolute atomic E-state index is 0.269. The molecule has 0 radical (unpaired) electrons. The van der Waals surface area contributed by atoms with Gasteiger partial charge in [0.2, 0.25) is 0 Å². The van der Waals surface area contributed by atoms with Gasteiger partial charge in [-0.1, -0.05) is 29.8 Å². The topological polar surface area (TPSA) is 45.1 Å². The normalized spacial score (nSPS) is 10.2.